The van der Waals surface area contributed by atoms with E-state index in [9.17, 15) is 9.50 Å². The minimum absolute atomic E-state index is 0.145. The third-order valence-corrected chi connectivity index (χ3v) is 3.44. The van der Waals surface area contributed by atoms with Crippen molar-refractivity contribution in [3.63, 3.8) is 0 Å². The minimum atomic E-state index is -0.337. The lowest BCUT2D eigenvalue weighted by Gasteiger charge is -2.30. The van der Waals surface area contributed by atoms with Crippen LogP contribution in [0.4, 0.5) is 4.39 Å². The number of likely N-dealkylation sites (tertiary alicyclic amines) is 1. The lowest BCUT2D eigenvalue weighted by molar-refractivity contribution is 0.0812. The van der Waals surface area contributed by atoms with Crippen molar-refractivity contribution >= 4 is 0 Å². The van der Waals surface area contributed by atoms with Gasteiger partial charge >= 0.3 is 0 Å². The molecule has 1 aromatic heterocycles. The summed E-state index contributed by atoms with van der Waals surface area (Å²) in [6, 6.07) is 2.87. The first-order valence-electron chi connectivity index (χ1n) is 6.42. The van der Waals surface area contributed by atoms with Crippen molar-refractivity contribution in [1.82, 2.24) is 9.88 Å². The van der Waals surface area contributed by atoms with Crippen molar-refractivity contribution in [2.75, 3.05) is 19.6 Å². The summed E-state index contributed by atoms with van der Waals surface area (Å²) in [6.07, 6.45) is 3.53. The number of nitrogens with two attached hydrogens (primary N) is 1. The molecule has 1 atom stereocenters. The van der Waals surface area contributed by atoms with Crippen molar-refractivity contribution < 1.29 is 9.50 Å². The molecule has 4 nitrogen and oxygen atoms in total. The molecule has 1 unspecified atom stereocenters. The van der Waals surface area contributed by atoms with Crippen LogP contribution in [0.15, 0.2) is 18.3 Å². The van der Waals surface area contributed by atoms with E-state index in [1.165, 1.54) is 12.3 Å². The Morgan fingerprint density at radius 1 is 1.44 bits per heavy atom. The van der Waals surface area contributed by atoms with E-state index in [1.807, 2.05) is 0 Å². The molecule has 0 bridgehead atoms. The Bertz CT molecular complexity index is 363. The SMILES string of the molecule is NC(CCN1CCC(O)CC1)c1ccc(F)cn1. The number of pyridine rings is 1. The fraction of sp³-hybridized carbons (Fsp3) is 0.615. The predicted octanol–water partition coefficient (Wildman–Crippen LogP) is 1.07. The lowest BCUT2D eigenvalue weighted by atomic mass is 10.1. The minimum Gasteiger partial charge on any atom is -0.393 e. The van der Waals surface area contributed by atoms with Gasteiger partial charge in [0.25, 0.3) is 0 Å². The lowest BCUT2D eigenvalue weighted by Crippen LogP contribution is -2.37. The second-order valence-corrected chi connectivity index (χ2v) is 4.87. The Hall–Kier alpha value is -1.04. The van der Waals surface area contributed by atoms with Crippen LogP contribution in [0.5, 0.6) is 0 Å². The molecular formula is C13H20FN3O. The summed E-state index contributed by atoms with van der Waals surface area (Å²) in [6.45, 7) is 2.74. The highest BCUT2D eigenvalue weighted by Gasteiger charge is 2.17. The fourth-order valence-electron chi connectivity index (χ4n) is 2.22. The number of hydrogen-bond donors (Lipinski definition) is 2. The molecule has 0 spiro atoms. The maximum atomic E-state index is 12.7. The molecule has 3 N–H and O–H groups in total. The monoisotopic (exact) mass is 253 g/mol. The van der Waals surface area contributed by atoms with Crippen molar-refractivity contribution in [1.29, 1.82) is 0 Å². The molecule has 0 saturated carbocycles. The standard InChI is InChI=1S/C13H20FN3O/c14-10-1-2-13(16-9-10)12(15)5-8-17-6-3-11(18)4-7-17/h1-2,9,11-12,18H,3-8,15H2. The Morgan fingerprint density at radius 2 is 2.17 bits per heavy atom. The van der Waals surface area contributed by atoms with Gasteiger partial charge in [-0.3, -0.25) is 4.98 Å². The summed E-state index contributed by atoms with van der Waals surface area (Å²) in [5, 5.41) is 9.41. The first-order valence-corrected chi connectivity index (χ1v) is 6.42. The maximum Gasteiger partial charge on any atom is 0.141 e. The Balaban J connectivity index is 1.77. The molecule has 18 heavy (non-hydrogen) atoms. The van der Waals surface area contributed by atoms with Crippen molar-refractivity contribution in [3.05, 3.63) is 29.8 Å². The summed E-state index contributed by atoms with van der Waals surface area (Å²) in [7, 11) is 0. The summed E-state index contributed by atoms with van der Waals surface area (Å²) < 4.78 is 12.7. The summed E-state index contributed by atoms with van der Waals surface area (Å²) in [4.78, 5) is 6.30. The van der Waals surface area contributed by atoms with E-state index in [4.69, 9.17) is 5.73 Å². The maximum absolute atomic E-state index is 12.7. The molecule has 0 aromatic carbocycles. The zero-order valence-electron chi connectivity index (χ0n) is 10.4. The van der Waals surface area contributed by atoms with E-state index >= 15 is 0 Å². The number of hydrogen-bond acceptors (Lipinski definition) is 4. The van der Waals surface area contributed by atoms with Crippen LogP contribution in [-0.4, -0.2) is 40.7 Å². The second kappa shape index (κ2) is 6.22. The van der Waals surface area contributed by atoms with Crippen molar-refractivity contribution in [2.45, 2.75) is 31.4 Å². The molecule has 1 fully saturated rings. The predicted molar refractivity (Wildman–Crippen MR) is 67.4 cm³/mol. The van der Waals surface area contributed by atoms with Gasteiger partial charge in [-0.15, -0.1) is 0 Å². The van der Waals surface area contributed by atoms with Gasteiger partial charge in [0.15, 0.2) is 0 Å². The van der Waals surface area contributed by atoms with E-state index in [2.05, 4.69) is 9.88 Å². The van der Waals surface area contributed by atoms with Crippen LogP contribution in [0.25, 0.3) is 0 Å². The second-order valence-electron chi connectivity index (χ2n) is 4.87. The number of nitrogens with zero attached hydrogens (tertiary/aromatic N) is 2. The van der Waals surface area contributed by atoms with Gasteiger partial charge in [0.05, 0.1) is 18.0 Å². The van der Waals surface area contributed by atoms with E-state index in [1.54, 1.807) is 6.07 Å². The van der Waals surface area contributed by atoms with Crippen molar-refractivity contribution in [3.8, 4) is 0 Å². The van der Waals surface area contributed by atoms with Crippen LogP contribution in [0.1, 0.15) is 31.0 Å². The molecule has 100 valence electrons. The van der Waals surface area contributed by atoms with Crippen LogP contribution < -0.4 is 5.73 Å². The Kier molecular flexibility index (Phi) is 4.63. The number of halogens is 1. The van der Waals surface area contributed by atoms with Gasteiger partial charge in [-0.1, -0.05) is 0 Å². The quantitative estimate of drug-likeness (QED) is 0.842. The fourth-order valence-corrected chi connectivity index (χ4v) is 2.22. The third kappa shape index (κ3) is 3.73. The average molecular weight is 253 g/mol. The van der Waals surface area contributed by atoms with Gasteiger partial charge in [-0.05, 0) is 37.9 Å². The number of aromatic nitrogens is 1. The smallest absolute Gasteiger partial charge is 0.141 e. The van der Waals surface area contributed by atoms with Crippen LogP contribution in [0, 0.1) is 5.82 Å². The summed E-state index contributed by atoms with van der Waals surface area (Å²) in [5.74, 6) is -0.337. The number of aliphatic hydroxyl groups is 1. The number of rotatable bonds is 4. The van der Waals surface area contributed by atoms with Crippen LogP contribution >= 0.6 is 0 Å². The average Bonchev–Trinajstić information content (AvgIpc) is 2.38. The molecule has 1 aliphatic heterocycles. The van der Waals surface area contributed by atoms with Gasteiger partial charge in [0.2, 0.25) is 0 Å². The van der Waals surface area contributed by atoms with Gasteiger partial charge in [0.1, 0.15) is 5.82 Å². The van der Waals surface area contributed by atoms with Crippen LogP contribution in [0.2, 0.25) is 0 Å². The van der Waals surface area contributed by atoms with E-state index in [-0.39, 0.29) is 18.0 Å². The highest BCUT2D eigenvalue weighted by Crippen LogP contribution is 2.15. The number of aliphatic hydroxyl groups excluding tert-OH is 1. The first kappa shape index (κ1) is 13.4. The summed E-state index contributed by atoms with van der Waals surface area (Å²) >= 11 is 0. The molecule has 1 aromatic rings. The van der Waals surface area contributed by atoms with Gasteiger partial charge in [-0.25, -0.2) is 4.39 Å². The molecule has 1 saturated heterocycles. The largest absolute Gasteiger partial charge is 0.393 e. The molecule has 0 radical (unpaired) electrons. The normalized spacial score (nSPS) is 19.9. The number of piperidine rings is 1. The molecule has 1 aliphatic rings. The molecule has 5 heteroatoms. The van der Waals surface area contributed by atoms with E-state index < -0.39 is 0 Å². The summed E-state index contributed by atoms with van der Waals surface area (Å²) in [5.41, 5.74) is 6.76. The van der Waals surface area contributed by atoms with Crippen LogP contribution in [0.3, 0.4) is 0 Å². The van der Waals surface area contributed by atoms with Crippen LogP contribution in [-0.2, 0) is 0 Å². The molecule has 0 amide bonds. The molecule has 2 heterocycles. The van der Waals surface area contributed by atoms with E-state index in [0.717, 1.165) is 44.6 Å². The Labute approximate surface area is 107 Å². The highest BCUT2D eigenvalue weighted by atomic mass is 19.1. The Morgan fingerprint density at radius 3 is 2.78 bits per heavy atom. The highest BCUT2D eigenvalue weighted by molar-refractivity contribution is 5.09. The molecule has 2 rings (SSSR count). The first-order chi connectivity index (χ1) is 8.65. The molecule has 0 aliphatic carbocycles. The third-order valence-electron chi connectivity index (χ3n) is 3.44. The van der Waals surface area contributed by atoms with Crippen molar-refractivity contribution in [2.24, 2.45) is 5.73 Å². The van der Waals surface area contributed by atoms with E-state index in [0.29, 0.717) is 0 Å². The zero-order chi connectivity index (χ0) is 13.0. The molecular weight excluding hydrogens is 233 g/mol. The van der Waals surface area contributed by atoms with Gasteiger partial charge in [0, 0.05) is 19.1 Å². The van der Waals surface area contributed by atoms with Gasteiger partial charge < -0.3 is 15.7 Å². The zero-order valence-corrected chi connectivity index (χ0v) is 10.4. The topological polar surface area (TPSA) is 62.4 Å². The van der Waals surface area contributed by atoms with Gasteiger partial charge in [-0.2, -0.15) is 0 Å².